The van der Waals surface area contributed by atoms with Crippen molar-refractivity contribution in [2.75, 3.05) is 19.2 Å². The fourth-order valence-corrected chi connectivity index (χ4v) is 2.64. The monoisotopic (exact) mass is 329 g/mol. The zero-order chi connectivity index (χ0) is 15.8. The molecule has 3 aromatic rings. The second-order valence-electron chi connectivity index (χ2n) is 4.89. The summed E-state index contributed by atoms with van der Waals surface area (Å²) in [6.07, 6.45) is 1.48. The maximum atomic E-state index is 6.30. The van der Waals surface area contributed by atoms with Crippen LogP contribution in [0, 0.1) is 0 Å². The van der Waals surface area contributed by atoms with E-state index in [9.17, 15) is 0 Å². The Kier molecular flexibility index (Phi) is 3.31. The number of nitrogens with one attached hydrogen (secondary N) is 1. The summed E-state index contributed by atoms with van der Waals surface area (Å²) in [7, 11) is 1.62. The second-order valence-corrected chi connectivity index (χ2v) is 5.29. The lowest BCUT2D eigenvalue weighted by Crippen LogP contribution is -1.99. The smallest absolute Gasteiger partial charge is 0.231 e. The normalized spacial score (nSPS) is 12.4. The number of anilines is 2. The van der Waals surface area contributed by atoms with Crippen LogP contribution < -0.4 is 19.5 Å². The number of nitrogens with zero attached hydrogens (tertiary/aromatic N) is 2. The molecule has 0 unspecified atom stereocenters. The van der Waals surface area contributed by atoms with Gasteiger partial charge in [0.25, 0.3) is 0 Å². The highest BCUT2D eigenvalue weighted by Crippen LogP contribution is 2.45. The molecule has 0 saturated carbocycles. The topological polar surface area (TPSA) is 65.5 Å². The standard InChI is InChI=1S/C16H12ClN3O3/c1-21-9-2-3-10-12(6-9)18-7-19-16(10)20-14-11(17)4-5-13-15(14)23-8-22-13/h2-7H,8H2,1H3,(H,18,19,20). The fourth-order valence-electron chi connectivity index (χ4n) is 2.45. The molecule has 0 amide bonds. The highest BCUT2D eigenvalue weighted by Gasteiger charge is 2.21. The Morgan fingerprint density at radius 3 is 2.96 bits per heavy atom. The number of hydrogen-bond acceptors (Lipinski definition) is 6. The molecule has 0 bridgehead atoms. The van der Waals surface area contributed by atoms with Gasteiger partial charge in [0.1, 0.15) is 23.6 Å². The second kappa shape index (κ2) is 5.48. The molecule has 0 aliphatic carbocycles. The zero-order valence-electron chi connectivity index (χ0n) is 12.2. The molecule has 1 aromatic heterocycles. The van der Waals surface area contributed by atoms with Crippen molar-refractivity contribution in [3.05, 3.63) is 41.7 Å². The Labute approximate surface area is 137 Å². The van der Waals surface area contributed by atoms with E-state index in [-0.39, 0.29) is 6.79 Å². The Bertz CT molecular complexity index is 901. The Morgan fingerprint density at radius 1 is 1.17 bits per heavy atom. The Hall–Kier alpha value is -2.73. The van der Waals surface area contributed by atoms with Crippen LogP contribution in [0.15, 0.2) is 36.7 Å². The van der Waals surface area contributed by atoms with Crippen LogP contribution in [0.25, 0.3) is 10.9 Å². The van der Waals surface area contributed by atoms with Gasteiger partial charge in [0.2, 0.25) is 6.79 Å². The molecule has 4 rings (SSSR count). The summed E-state index contributed by atoms with van der Waals surface area (Å²) in [6, 6.07) is 9.12. The third kappa shape index (κ3) is 2.37. The lowest BCUT2D eigenvalue weighted by atomic mass is 10.2. The molecule has 0 fully saturated rings. The van der Waals surface area contributed by atoms with E-state index < -0.39 is 0 Å². The average Bonchev–Trinajstić information content (AvgIpc) is 3.06. The number of ether oxygens (including phenoxy) is 3. The van der Waals surface area contributed by atoms with Crippen LogP contribution >= 0.6 is 11.6 Å². The molecular formula is C16H12ClN3O3. The van der Waals surface area contributed by atoms with Gasteiger partial charge in [0.15, 0.2) is 11.5 Å². The third-order valence-electron chi connectivity index (χ3n) is 3.58. The predicted molar refractivity (Wildman–Crippen MR) is 86.9 cm³/mol. The van der Waals surface area contributed by atoms with Crippen LogP contribution in [-0.4, -0.2) is 23.9 Å². The van der Waals surface area contributed by atoms with Crippen molar-refractivity contribution in [2.24, 2.45) is 0 Å². The van der Waals surface area contributed by atoms with Gasteiger partial charge in [-0.15, -0.1) is 0 Å². The van der Waals surface area contributed by atoms with Gasteiger partial charge in [0.05, 0.1) is 17.6 Å². The summed E-state index contributed by atoms with van der Waals surface area (Å²) in [5, 5.41) is 4.59. The van der Waals surface area contributed by atoms with Crippen molar-refractivity contribution >= 4 is 34.0 Å². The van der Waals surface area contributed by atoms with Gasteiger partial charge in [-0.05, 0) is 24.3 Å². The summed E-state index contributed by atoms with van der Waals surface area (Å²) in [5.41, 5.74) is 1.39. The van der Waals surface area contributed by atoms with E-state index in [0.717, 1.165) is 16.7 Å². The highest BCUT2D eigenvalue weighted by molar-refractivity contribution is 6.34. The van der Waals surface area contributed by atoms with Crippen molar-refractivity contribution < 1.29 is 14.2 Å². The SMILES string of the molecule is COc1ccc2c(Nc3c(Cl)ccc4c3OCO4)ncnc2c1. The molecule has 1 aliphatic rings. The van der Waals surface area contributed by atoms with Gasteiger partial charge in [-0.3, -0.25) is 0 Å². The summed E-state index contributed by atoms with van der Waals surface area (Å²) < 4.78 is 16.1. The van der Waals surface area contributed by atoms with Gasteiger partial charge < -0.3 is 19.5 Å². The van der Waals surface area contributed by atoms with E-state index in [1.807, 2.05) is 18.2 Å². The number of benzene rings is 2. The molecule has 0 atom stereocenters. The molecule has 7 heteroatoms. The van der Waals surface area contributed by atoms with Crippen LogP contribution in [0.5, 0.6) is 17.2 Å². The number of halogens is 1. The van der Waals surface area contributed by atoms with Crippen LogP contribution in [0.2, 0.25) is 5.02 Å². The van der Waals surface area contributed by atoms with E-state index >= 15 is 0 Å². The predicted octanol–water partition coefficient (Wildman–Crippen LogP) is 3.76. The van der Waals surface area contributed by atoms with Crippen LogP contribution in [0.3, 0.4) is 0 Å². The van der Waals surface area contributed by atoms with Crippen LogP contribution in [0.4, 0.5) is 11.5 Å². The molecule has 116 valence electrons. The molecule has 0 saturated heterocycles. The van der Waals surface area contributed by atoms with Crippen molar-refractivity contribution in [1.82, 2.24) is 9.97 Å². The number of methoxy groups -OCH3 is 1. The highest BCUT2D eigenvalue weighted by atomic mass is 35.5. The van der Waals surface area contributed by atoms with Gasteiger partial charge in [0, 0.05) is 11.5 Å². The summed E-state index contributed by atoms with van der Waals surface area (Å²) in [4.78, 5) is 8.57. The van der Waals surface area contributed by atoms with E-state index in [1.165, 1.54) is 6.33 Å². The minimum atomic E-state index is 0.173. The van der Waals surface area contributed by atoms with Crippen molar-refractivity contribution in [3.8, 4) is 17.2 Å². The number of rotatable bonds is 3. The molecule has 0 spiro atoms. The van der Waals surface area contributed by atoms with E-state index in [2.05, 4.69) is 15.3 Å². The molecule has 2 aromatic carbocycles. The molecule has 6 nitrogen and oxygen atoms in total. The van der Waals surface area contributed by atoms with E-state index in [4.69, 9.17) is 25.8 Å². The molecule has 23 heavy (non-hydrogen) atoms. The maximum absolute atomic E-state index is 6.30. The van der Waals surface area contributed by atoms with E-state index in [1.54, 1.807) is 19.2 Å². The summed E-state index contributed by atoms with van der Waals surface area (Å²) in [5.74, 6) is 2.59. The van der Waals surface area contributed by atoms with Crippen LogP contribution in [0.1, 0.15) is 0 Å². The van der Waals surface area contributed by atoms with Crippen molar-refractivity contribution in [3.63, 3.8) is 0 Å². The zero-order valence-corrected chi connectivity index (χ0v) is 12.9. The van der Waals surface area contributed by atoms with Gasteiger partial charge in [-0.1, -0.05) is 11.6 Å². The summed E-state index contributed by atoms with van der Waals surface area (Å²) in [6.45, 7) is 0.173. The molecule has 0 radical (unpaired) electrons. The number of fused-ring (bicyclic) bond motifs is 2. The average molecular weight is 330 g/mol. The lowest BCUT2D eigenvalue weighted by Gasteiger charge is -2.12. The minimum Gasteiger partial charge on any atom is -0.497 e. The van der Waals surface area contributed by atoms with Gasteiger partial charge >= 0.3 is 0 Å². The first-order chi connectivity index (χ1) is 11.3. The Balaban J connectivity index is 1.81. The van der Waals surface area contributed by atoms with Crippen molar-refractivity contribution in [1.29, 1.82) is 0 Å². The van der Waals surface area contributed by atoms with Gasteiger partial charge in [-0.25, -0.2) is 9.97 Å². The lowest BCUT2D eigenvalue weighted by molar-refractivity contribution is 0.174. The Morgan fingerprint density at radius 2 is 2.09 bits per heavy atom. The molecule has 1 aliphatic heterocycles. The summed E-state index contributed by atoms with van der Waals surface area (Å²) >= 11 is 6.30. The minimum absolute atomic E-state index is 0.173. The maximum Gasteiger partial charge on any atom is 0.231 e. The molecule has 1 N–H and O–H groups in total. The van der Waals surface area contributed by atoms with E-state index in [0.29, 0.717) is 28.0 Å². The molecular weight excluding hydrogens is 318 g/mol. The molecule has 2 heterocycles. The van der Waals surface area contributed by atoms with Crippen LogP contribution in [-0.2, 0) is 0 Å². The number of hydrogen-bond donors (Lipinski definition) is 1. The first kappa shape index (κ1) is 13.9. The number of aromatic nitrogens is 2. The quantitative estimate of drug-likeness (QED) is 0.789. The first-order valence-corrected chi connectivity index (χ1v) is 7.28. The van der Waals surface area contributed by atoms with Crippen molar-refractivity contribution in [2.45, 2.75) is 0 Å². The third-order valence-corrected chi connectivity index (χ3v) is 3.89. The fraction of sp³-hybridized carbons (Fsp3) is 0.125. The first-order valence-electron chi connectivity index (χ1n) is 6.90. The van der Waals surface area contributed by atoms with Gasteiger partial charge in [-0.2, -0.15) is 0 Å². The largest absolute Gasteiger partial charge is 0.497 e.